The monoisotopic (exact) mass is 1550 g/mol. The fourth-order valence-electron chi connectivity index (χ4n) is 19.3. The molecule has 3 saturated carbocycles. The van der Waals surface area contributed by atoms with Crippen LogP contribution in [0, 0.1) is 52.3 Å². The number of nitrogens with zero attached hydrogens (tertiary/aromatic N) is 2. The third kappa shape index (κ3) is 19.2. The molecule has 1 aromatic rings. The third-order valence-electron chi connectivity index (χ3n) is 25.4. The van der Waals surface area contributed by atoms with Crippen molar-refractivity contribution in [2.45, 2.75) is 294 Å². The molecule has 620 valence electrons. The van der Waals surface area contributed by atoms with E-state index in [4.69, 9.17) is 23.7 Å². The van der Waals surface area contributed by atoms with Crippen molar-refractivity contribution in [3.05, 3.63) is 59.7 Å². The molecule has 0 aromatic heterocycles. The van der Waals surface area contributed by atoms with Crippen LogP contribution in [-0.2, 0) is 63.7 Å². The standard InChI is InChI=1S/C80H127FN8O21/c1-18-59-78(15,104)65(95)48(9)89(41-43(4)36-77(14,103)67(110-71-63(94)57(88(16)17)33-45(6)106-71)46(7)64(47(8)70(99)108-59)109-62-38-76(13,102)66(96)49(10)107-62)30-22-29-82-60(92)39-83-68(97)55(31-42(2)3)86-69(98)56(34-50-23-20-19-21-24-50)85-61(93)40-84-73(101)87-72(100)80(105)44(5)32-54-53-26-25-51-35-52(90)27-28-74(51,11)79(53,81)58(91)37-75(54,80)12/h19-21,23-24,27-28,35,42-49,53-59,62-67,71,91,94-96,102-105H,18,22,25-26,29-34,36-41H2,1-17H3,(H,82,92)(H,83,97)(H,85,93)(H,86,98)(H2,84,87,100,101)/t43?,44-,45?,46?,47?,48?,49?,53?,54?,55?,56?,57?,58+,59?,62?,63?,64?,65?,66?,67?,71?,74+,75+,76?,77?,78?,79+,80+/m1/s1. The lowest BCUT2D eigenvalue weighted by molar-refractivity contribution is -0.316. The minimum absolute atomic E-state index is 0.00727. The van der Waals surface area contributed by atoms with E-state index in [1.54, 1.807) is 92.6 Å². The zero-order valence-corrected chi connectivity index (χ0v) is 67.3. The minimum atomic E-state index is -2.28. The molecule has 8 rings (SSSR count). The number of carbonyl (C=O) groups is 8. The Balaban J connectivity index is 0.905. The second-order valence-corrected chi connectivity index (χ2v) is 34.8. The van der Waals surface area contributed by atoms with Gasteiger partial charge in [-0.25, -0.2) is 9.18 Å². The van der Waals surface area contributed by atoms with Crippen LogP contribution in [0.2, 0.25) is 0 Å². The average molecular weight is 1560 g/mol. The Morgan fingerprint density at radius 3 is 2.07 bits per heavy atom. The van der Waals surface area contributed by atoms with Crippen LogP contribution in [0.1, 0.15) is 174 Å². The number of aliphatic hydroxyl groups is 8. The van der Waals surface area contributed by atoms with Crippen molar-refractivity contribution < 1.29 is 107 Å². The third-order valence-corrected chi connectivity index (χ3v) is 25.4. The number of aliphatic hydroxyl groups excluding tert-OH is 4. The second kappa shape index (κ2) is 35.8. The summed E-state index contributed by atoms with van der Waals surface area (Å²) in [6.45, 7) is 24.1. The van der Waals surface area contributed by atoms with Crippen LogP contribution in [0.3, 0.4) is 0 Å². The Morgan fingerprint density at radius 1 is 0.773 bits per heavy atom. The van der Waals surface area contributed by atoms with Gasteiger partial charge >= 0.3 is 12.0 Å². The number of halogens is 1. The molecule has 4 aliphatic carbocycles. The van der Waals surface area contributed by atoms with Gasteiger partial charge in [-0.05, 0) is 169 Å². The highest BCUT2D eigenvalue weighted by Gasteiger charge is 2.76. The van der Waals surface area contributed by atoms with Gasteiger partial charge in [-0.15, -0.1) is 0 Å². The number of cyclic esters (lactones) is 1. The quantitative estimate of drug-likeness (QED) is 0.0553. The van der Waals surface area contributed by atoms with Gasteiger partial charge in [0.25, 0.3) is 5.91 Å². The number of urea groups is 1. The molecule has 3 aliphatic heterocycles. The summed E-state index contributed by atoms with van der Waals surface area (Å²) in [5, 5.41) is 111. The molecule has 7 amide bonds. The molecule has 110 heavy (non-hydrogen) atoms. The number of ether oxygens (including phenoxy) is 5. The van der Waals surface area contributed by atoms with Crippen LogP contribution in [0.15, 0.2) is 54.1 Å². The lowest BCUT2D eigenvalue weighted by atomic mass is 9.44. The van der Waals surface area contributed by atoms with Crippen molar-refractivity contribution in [1.82, 2.24) is 41.7 Å². The summed E-state index contributed by atoms with van der Waals surface area (Å²) in [7, 11) is 3.65. The predicted octanol–water partition coefficient (Wildman–Crippen LogP) is 2.67. The van der Waals surface area contributed by atoms with Crippen molar-refractivity contribution in [3.8, 4) is 0 Å². The average Bonchev–Trinajstić information content (AvgIpc) is 1.39. The zero-order valence-electron chi connectivity index (χ0n) is 67.3. The van der Waals surface area contributed by atoms with Gasteiger partial charge in [0.1, 0.15) is 42.1 Å². The lowest BCUT2D eigenvalue weighted by Gasteiger charge is -2.62. The molecule has 0 spiro atoms. The number of hydrogen-bond donors (Lipinski definition) is 14. The fraction of sp³-hybridized carbons (Fsp3) is 0.775. The number of allylic oxidation sites excluding steroid dienone is 4. The van der Waals surface area contributed by atoms with Gasteiger partial charge in [0.15, 0.2) is 29.6 Å². The first-order valence-corrected chi connectivity index (χ1v) is 39.4. The van der Waals surface area contributed by atoms with E-state index in [1.807, 2.05) is 51.6 Å². The molecule has 30 heteroatoms. The number of benzene rings is 1. The maximum Gasteiger partial charge on any atom is 0.321 e. The number of carbonyl (C=O) groups excluding carboxylic acids is 8. The molecule has 29 nitrogen and oxygen atoms in total. The molecule has 28 atom stereocenters. The van der Waals surface area contributed by atoms with Crippen molar-refractivity contribution >= 4 is 47.3 Å². The van der Waals surface area contributed by atoms with Crippen molar-refractivity contribution in [3.63, 3.8) is 0 Å². The molecule has 7 aliphatic rings. The number of rotatable bonds is 23. The smallest absolute Gasteiger partial charge is 0.321 e. The minimum Gasteiger partial charge on any atom is -0.459 e. The molecular formula is C80H127FN8O21. The van der Waals surface area contributed by atoms with Crippen LogP contribution >= 0.6 is 0 Å². The Hall–Kier alpha value is -5.97. The van der Waals surface area contributed by atoms with Crippen molar-refractivity contribution in [2.75, 3.05) is 46.8 Å². The molecule has 22 unspecified atom stereocenters. The summed E-state index contributed by atoms with van der Waals surface area (Å²) in [6, 6.07) is 3.67. The second-order valence-electron chi connectivity index (χ2n) is 34.8. The number of ketones is 1. The molecule has 0 bridgehead atoms. The van der Waals surface area contributed by atoms with Gasteiger partial charge in [-0.1, -0.05) is 90.4 Å². The van der Waals surface area contributed by atoms with Gasteiger partial charge in [-0.3, -0.25) is 43.8 Å². The number of esters is 1. The first-order chi connectivity index (χ1) is 51.2. The van der Waals surface area contributed by atoms with E-state index in [-0.39, 0.29) is 95.2 Å². The highest BCUT2D eigenvalue weighted by Crippen LogP contribution is 2.70. The van der Waals surface area contributed by atoms with Gasteiger partial charge in [0.05, 0.1) is 60.7 Å². The number of hydrogen-bond acceptors (Lipinski definition) is 23. The van der Waals surface area contributed by atoms with Gasteiger partial charge < -0.3 is 96.0 Å². The van der Waals surface area contributed by atoms with Crippen LogP contribution in [0.5, 0.6) is 0 Å². The number of nitrogens with one attached hydrogen (secondary N) is 6. The highest BCUT2D eigenvalue weighted by molar-refractivity contribution is 6.02. The van der Waals surface area contributed by atoms with Crippen LogP contribution in [0.4, 0.5) is 9.18 Å². The van der Waals surface area contributed by atoms with Crippen LogP contribution in [-0.4, -0.2) is 265 Å². The topological polar surface area (TPSA) is 423 Å². The number of likely N-dealkylation sites (N-methyl/N-ethyl adjacent to an activating group) is 1. The number of amides is 7. The van der Waals surface area contributed by atoms with Crippen molar-refractivity contribution in [2.24, 2.45) is 52.3 Å². The Bertz CT molecular complexity index is 3470. The summed E-state index contributed by atoms with van der Waals surface area (Å²) in [4.78, 5) is 114. The molecule has 14 N–H and O–H groups in total. The molecule has 0 radical (unpaired) electrons. The predicted molar refractivity (Wildman–Crippen MR) is 402 cm³/mol. The van der Waals surface area contributed by atoms with Gasteiger partial charge in [-0.2, -0.15) is 0 Å². The van der Waals surface area contributed by atoms with E-state index in [0.717, 1.165) is 0 Å². The van der Waals surface area contributed by atoms with Crippen molar-refractivity contribution in [1.29, 1.82) is 0 Å². The highest BCUT2D eigenvalue weighted by atomic mass is 19.1. The zero-order chi connectivity index (χ0) is 81.9. The molecule has 6 fully saturated rings. The number of fused-ring (bicyclic) bond motifs is 5. The van der Waals surface area contributed by atoms with Crippen LogP contribution < -0.4 is 31.9 Å². The van der Waals surface area contributed by atoms with E-state index in [2.05, 4.69) is 31.9 Å². The van der Waals surface area contributed by atoms with Crippen LogP contribution in [0.25, 0.3) is 0 Å². The van der Waals surface area contributed by atoms with Gasteiger partial charge in [0.2, 0.25) is 23.6 Å². The molecular weight excluding hydrogens is 1430 g/mol. The SMILES string of the molecule is CCC1OC(=O)C(C)C(OC2CC(C)(O)C(O)C(C)O2)C(C)C(OC2OC(C)CC(N(C)C)C2O)C(C)(O)CC(C)CN(CCCNC(=O)CNC(=O)C(CC(C)C)NC(=O)C(Cc2ccccc2)NC(=O)CNC(=O)NC(=O)[C@@]2(O)[C@H](C)CC3C4CCC5=CC(=O)C=C[C@]5(C)[C@@]4(F)[C@@H](O)C[C@@]32C)C(C)C(O)C1(C)O. The Labute approximate surface area is 646 Å². The largest absolute Gasteiger partial charge is 0.459 e. The van der Waals surface area contributed by atoms with Gasteiger partial charge in [0, 0.05) is 67.2 Å². The summed E-state index contributed by atoms with van der Waals surface area (Å²) < 4.78 is 49.9. The number of alkyl halides is 1. The Kier molecular flexibility index (Phi) is 29.2. The molecule has 3 saturated heterocycles. The first kappa shape index (κ1) is 89.6. The fourth-order valence-corrected chi connectivity index (χ4v) is 19.3. The summed E-state index contributed by atoms with van der Waals surface area (Å²) in [5.74, 6) is -10.2. The molecule has 3 heterocycles. The summed E-state index contributed by atoms with van der Waals surface area (Å²) in [6.07, 6.45) is -7.98. The van der Waals surface area contributed by atoms with E-state index >= 15 is 4.39 Å². The van der Waals surface area contributed by atoms with E-state index in [9.17, 15) is 79.2 Å². The Morgan fingerprint density at radius 2 is 1.44 bits per heavy atom. The maximum atomic E-state index is 17.8. The van der Waals surface area contributed by atoms with E-state index < -0.39 is 215 Å². The molecule has 1 aromatic carbocycles. The van der Waals surface area contributed by atoms with E-state index in [0.29, 0.717) is 24.0 Å². The first-order valence-electron chi connectivity index (χ1n) is 39.4. The maximum absolute atomic E-state index is 17.8. The lowest BCUT2D eigenvalue weighted by Crippen LogP contribution is -2.70. The normalized spacial score (nSPS) is 40.5. The summed E-state index contributed by atoms with van der Waals surface area (Å²) >= 11 is 0. The van der Waals surface area contributed by atoms with E-state index in [1.165, 1.54) is 32.1 Å². The number of imide groups is 1. The summed E-state index contributed by atoms with van der Waals surface area (Å²) in [5.41, 5.74) is -11.6.